The van der Waals surface area contributed by atoms with Crippen LogP contribution >= 0.6 is 11.8 Å². The monoisotopic (exact) mass is 398 g/mol. The topological polar surface area (TPSA) is 84.0 Å². The number of benzene rings is 1. The number of urea groups is 1. The van der Waals surface area contributed by atoms with Gasteiger partial charge in [0.2, 0.25) is 5.91 Å². The Morgan fingerprint density at radius 3 is 2.54 bits per heavy atom. The molecule has 0 unspecified atom stereocenters. The van der Waals surface area contributed by atoms with E-state index in [1.165, 1.54) is 18.2 Å². The maximum atomic E-state index is 12.4. The van der Waals surface area contributed by atoms with E-state index in [9.17, 15) is 9.59 Å². The lowest BCUT2D eigenvalue weighted by molar-refractivity contribution is -0.119. The summed E-state index contributed by atoms with van der Waals surface area (Å²) in [6.07, 6.45) is 5.42. The summed E-state index contributed by atoms with van der Waals surface area (Å²) in [6, 6.07) is 11.5. The molecule has 6 nitrogen and oxygen atoms in total. The van der Waals surface area contributed by atoms with E-state index in [2.05, 4.69) is 20.6 Å². The predicted octanol–water partition coefficient (Wildman–Crippen LogP) is 4.09. The van der Waals surface area contributed by atoms with Gasteiger partial charge >= 0.3 is 6.03 Å². The number of aromatic nitrogens is 2. The molecule has 2 aromatic rings. The van der Waals surface area contributed by atoms with Gasteiger partial charge in [-0.2, -0.15) is 0 Å². The van der Waals surface area contributed by atoms with Crippen molar-refractivity contribution in [2.24, 2.45) is 0 Å². The van der Waals surface area contributed by atoms with Crippen molar-refractivity contribution < 1.29 is 9.59 Å². The number of nitrogens with one attached hydrogen (secondary N) is 2. The van der Waals surface area contributed by atoms with E-state index in [1.807, 2.05) is 43.3 Å². The van der Waals surface area contributed by atoms with Crippen LogP contribution in [-0.4, -0.2) is 33.2 Å². The number of hydrogen-bond donors (Lipinski definition) is 2. The minimum atomic E-state index is -0.484. The molecule has 0 saturated heterocycles. The van der Waals surface area contributed by atoms with Crippen LogP contribution in [0, 0.1) is 6.92 Å². The molecule has 1 aliphatic carbocycles. The van der Waals surface area contributed by atoms with Gasteiger partial charge in [-0.3, -0.25) is 10.1 Å². The number of nitrogens with zero attached hydrogens (tertiary/aromatic N) is 2. The summed E-state index contributed by atoms with van der Waals surface area (Å²) in [7, 11) is 0. The molecule has 1 aromatic heterocycles. The van der Waals surface area contributed by atoms with E-state index in [1.54, 1.807) is 6.92 Å². The Labute approximate surface area is 169 Å². The second-order valence-corrected chi connectivity index (χ2v) is 8.41. The van der Waals surface area contributed by atoms with E-state index < -0.39 is 11.3 Å². The number of aryl methyl sites for hydroxylation is 1. The van der Waals surface area contributed by atoms with Gasteiger partial charge in [-0.25, -0.2) is 14.8 Å². The third-order valence-electron chi connectivity index (χ3n) is 4.73. The minimum absolute atomic E-state index is 0.165. The van der Waals surface area contributed by atoms with Crippen LogP contribution in [0.15, 0.2) is 41.6 Å². The Morgan fingerprint density at radius 1 is 1.11 bits per heavy atom. The van der Waals surface area contributed by atoms with Crippen molar-refractivity contribution in [3.05, 3.63) is 42.1 Å². The predicted molar refractivity (Wildman–Crippen MR) is 111 cm³/mol. The highest BCUT2D eigenvalue weighted by molar-refractivity contribution is 8.00. The van der Waals surface area contributed by atoms with Crippen molar-refractivity contribution in [2.45, 2.75) is 62.4 Å². The van der Waals surface area contributed by atoms with Gasteiger partial charge in [-0.05, 0) is 32.8 Å². The van der Waals surface area contributed by atoms with Crippen LogP contribution in [0.1, 0.15) is 44.7 Å². The standard InChI is InChI=1S/C21H26N4O2S/c1-14-13-18(16-9-5-3-6-10-16)24-21(22-14)28-15(2)19(26)25-20(27)23-17-11-7-4-8-12-17/h3,5-6,9-10,13,15,17H,4,7-8,11-12H2,1-2H3,(H2,23,25,26,27)/t15-/m1/s1. The van der Waals surface area contributed by atoms with Gasteiger partial charge in [0.05, 0.1) is 10.9 Å². The molecule has 7 heteroatoms. The molecule has 148 valence electrons. The molecule has 1 atom stereocenters. The Hall–Kier alpha value is -2.41. The molecule has 3 rings (SSSR count). The third-order valence-corrected chi connectivity index (χ3v) is 5.69. The van der Waals surface area contributed by atoms with Gasteiger partial charge in [-0.1, -0.05) is 61.4 Å². The first-order chi connectivity index (χ1) is 13.5. The summed E-state index contributed by atoms with van der Waals surface area (Å²) in [5.74, 6) is -0.343. The maximum Gasteiger partial charge on any atom is 0.321 e. The summed E-state index contributed by atoms with van der Waals surface area (Å²) in [4.78, 5) is 33.5. The lowest BCUT2D eigenvalue weighted by atomic mass is 9.96. The van der Waals surface area contributed by atoms with E-state index >= 15 is 0 Å². The number of thioether (sulfide) groups is 1. The smallest absolute Gasteiger partial charge is 0.321 e. The highest BCUT2D eigenvalue weighted by atomic mass is 32.2. The summed E-state index contributed by atoms with van der Waals surface area (Å²) < 4.78 is 0. The van der Waals surface area contributed by atoms with Crippen LogP contribution in [0.25, 0.3) is 11.3 Å². The van der Waals surface area contributed by atoms with Crippen LogP contribution in [0.4, 0.5) is 4.79 Å². The van der Waals surface area contributed by atoms with Gasteiger partial charge in [0.1, 0.15) is 0 Å². The number of hydrogen-bond acceptors (Lipinski definition) is 5. The van der Waals surface area contributed by atoms with Crippen molar-refractivity contribution in [2.75, 3.05) is 0 Å². The van der Waals surface area contributed by atoms with Crippen molar-refractivity contribution in [3.63, 3.8) is 0 Å². The average molecular weight is 399 g/mol. The van der Waals surface area contributed by atoms with Crippen molar-refractivity contribution >= 4 is 23.7 Å². The van der Waals surface area contributed by atoms with Crippen molar-refractivity contribution in [1.29, 1.82) is 0 Å². The average Bonchev–Trinajstić information content (AvgIpc) is 2.69. The van der Waals surface area contributed by atoms with Gasteiger partial charge in [0, 0.05) is 17.3 Å². The molecule has 1 saturated carbocycles. The summed E-state index contributed by atoms with van der Waals surface area (Å²) in [5.41, 5.74) is 2.65. The molecule has 0 bridgehead atoms. The zero-order valence-electron chi connectivity index (χ0n) is 16.3. The Bertz CT molecular complexity index is 822. The largest absolute Gasteiger partial charge is 0.335 e. The Kier molecular flexibility index (Phi) is 7.03. The highest BCUT2D eigenvalue weighted by Gasteiger charge is 2.21. The van der Waals surface area contributed by atoms with Gasteiger partial charge < -0.3 is 5.32 Å². The van der Waals surface area contributed by atoms with E-state index in [0.29, 0.717) is 5.16 Å². The molecule has 1 heterocycles. The number of carbonyl (C=O) groups is 2. The molecule has 28 heavy (non-hydrogen) atoms. The molecule has 0 aliphatic heterocycles. The summed E-state index contributed by atoms with van der Waals surface area (Å²) in [5, 5.41) is 5.38. The molecule has 1 aromatic carbocycles. The molecule has 1 aliphatic rings. The highest BCUT2D eigenvalue weighted by Crippen LogP contribution is 2.24. The van der Waals surface area contributed by atoms with Gasteiger partial charge in [0.15, 0.2) is 5.16 Å². The first kappa shape index (κ1) is 20.3. The first-order valence-electron chi connectivity index (χ1n) is 9.70. The second kappa shape index (κ2) is 9.68. The van der Waals surface area contributed by atoms with Crippen molar-refractivity contribution in [1.82, 2.24) is 20.6 Å². The SMILES string of the molecule is Cc1cc(-c2ccccc2)nc(S[C@H](C)C(=O)NC(=O)NC2CCCCC2)n1. The molecular formula is C21H26N4O2S. The van der Waals surface area contributed by atoms with E-state index in [-0.39, 0.29) is 11.9 Å². The lowest BCUT2D eigenvalue weighted by Gasteiger charge is -2.23. The fourth-order valence-corrected chi connectivity index (χ4v) is 4.07. The Balaban J connectivity index is 1.59. The fourth-order valence-electron chi connectivity index (χ4n) is 3.24. The Morgan fingerprint density at radius 2 is 1.82 bits per heavy atom. The van der Waals surface area contributed by atoms with E-state index in [0.717, 1.165) is 42.6 Å². The molecule has 0 radical (unpaired) electrons. The lowest BCUT2D eigenvalue weighted by Crippen LogP contribution is -2.47. The normalized spacial score (nSPS) is 15.6. The van der Waals surface area contributed by atoms with Crippen LogP contribution in [0.2, 0.25) is 0 Å². The number of amides is 3. The zero-order chi connectivity index (χ0) is 19.9. The molecule has 2 N–H and O–H groups in total. The zero-order valence-corrected chi connectivity index (χ0v) is 17.1. The van der Waals surface area contributed by atoms with Crippen LogP contribution < -0.4 is 10.6 Å². The minimum Gasteiger partial charge on any atom is -0.335 e. The van der Waals surface area contributed by atoms with E-state index in [4.69, 9.17) is 0 Å². The van der Waals surface area contributed by atoms with Gasteiger partial charge in [0.25, 0.3) is 0 Å². The fraction of sp³-hybridized carbons (Fsp3) is 0.429. The quantitative estimate of drug-likeness (QED) is 0.585. The number of rotatable bonds is 5. The van der Waals surface area contributed by atoms with Crippen LogP contribution in [-0.2, 0) is 4.79 Å². The molecular weight excluding hydrogens is 372 g/mol. The third kappa shape index (κ3) is 5.79. The van der Waals surface area contributed by atoms with Crippen molar-refractivity contribution in [3.8, 4) is 11.3 Å². The summed E-state index contributed by atoms with van der Waals surface area (Å²) in [6.45, 7) is 3.66. The summed E-state index contributed by atoms with van der Waals surface area (Å²) >= 11 is 1.25. The number of carbonyl (C=O) groups excluding carboxylic acids is 2. The van der Waals surface area contributed by atoms with Crippen LogP contribution in [0.3, 0.4) is 0 Å². The number of imide groups is 1. The molecule has 1 fully saturated rings. The molecule has 0 spiro atoms. The van der Waals surface area contributed by atoms with Gasteiger partial charge in [-0.15, -0.1) is 0 Å². The van der Waals surface area contributed by atoms with Crippen LogP contribution in [0.5, 0.6) is 0 Å². The molecule has 3 amide bonds. The second-order valence-electron chi connectivity index (χ2n) is 7.10. The maximum absolute atomic E-state index is 12.4. The first-order valence-corrected chi connectivity index (χ1v) is 10.6.